The van der Waals surface area contributed by atoms with Crippen LogP contribution in [-0.4, -0.2) is 21.8 Å². The van der Waals surface area contributed by atoms with Crippen molar-refractivity contribution >= 4 is 10.8 Å². The molecule has 11 heavy (non-hydrogen) atoms. The van der Waals surface area contributed by atoms with E-state index in [1.807, 2.05) is 13.8 Å². The highest BCUT2D eigenvalue weighted by Gasteiger charge is 1.97. The van der Waals surface area contributed by atoms with Gasteiger partial charge in [-0.1, -0.05) is 13.3 Å². The Kier molecular flexibility index (Phi) is 6.87. The third kappa shape index (κ3) is 8.01. The summed E-state index contributed by atoms with van der Waals surface area (Å²) >= 11 is 0. The Bertz CT molecular complexity index is 115. The molecule has 0 aromatic heterocycles. The zero-order valence-electron chi connectivity index (χ0n) is 7.51. The van der Waals surface area contributed by atoms with Gasteiger partial charge in [0, 0.05) is 28.3 Å². The molecule has 0 aromatic rings. The first kappa shape index (κ1) is 11.1. The van der Waals surface area contributed by atoms with Crippen molar-refractivity contribution in [3.8, 4) is 0 Å². The van der Waals surface area contributed by atoms with Crippen molar-refractivity contribution in [2.24, 2.45) is 5.73 Å². The smallest absolute Gasteiger partial charge is 0.0234 e. The van der Waals surface area contributed by atoms with Gasteiger partial charge in [-0.25, -0.2) is 0 Å². The van der Waals surface area contributed by atoms with Crippen molar-refractivity contribution in [3.63, 3.8) is 0 Å². The molecule has 0 rings (SSSR count). The van der Waals surface area contributed by atoms with Crippen LogP contribution in [-0.2, 0) is 10.8 Å². The molecule has 2 atom stereocenters. The topological polar surface area (TPSA) is 43.1 Å². The lowest BCUT2D eigenvalue weighted by Crippen LogP contribution is -2.14. The molecule has 0 saturated heterocycles. The van der Waals surface area contributed by atoms with E-state index in [0.29, 0.717) is 6.04 Å². The SMILES string of the molecule is CCS(=O)CCCCC(C)N. The van der Waals surface area contributed by atoms with Crippen LogP contribution in [0.4, 0.5) is 0 Å². The lowest BCUT2D eigenvalue weighted by atomic mass is 10.2. The van der Waals surface area contributed by atoms with Crippen molar-refractivity contribution < 1.29 is 4.21 Å². The van der Waals surface area contributed by atoms with E-state index < -0.39 is 10.8 Å². The summed E-state index contributed by atoms with van der Waals surface area (Å²) in [4.78, 5) is 0. The average molecular weight is 177 g/mol. The van der Waals surface area contributed by atoms with Crippen molar-refractivity contribution in [2.75, 3.05) is 11.5 Å². The number of hydrogen-bond acceptors (Lipinski definition) is 2. The summed E-state index contributed by atoms with van der Waals surface area (Å²) in [6.45, 7) is 3.97. The van der Waals surface area contributed by atoms with E-state index in [4.69, 9.17) is 5.73 Å². The second-order valence-corrected chi connectivity index (χ2v) is 4.77. The Morgan fingerprint density at radius 2 is 2.09 bits per heavy atom. The van der Waals surface area contributed by atoms with Gasteiger partial charge in [0.25, 0.3) is 0 Å². The van der Waals surface area contributed by atoms with Crippen LogP contribution < -0.4 is 5.73 Å². The monoisotopic (exact) mass is 177 g/mol. The van der Waals surface area contributed by atoms with Crippen LogP contribution in [0.5, 0.6) is 0 Å². The highest BCUT2D eigenvalue weighted by Crippen LogP contribution is 1.99. The fourth-order valence-corrected chi connectivity index (χ4v) is 1.69. The number of hydrogen-bond donors (Lipinski definition) is 1. The van der Waals surface area contributed by atoms with Gasteiger partial charge < -0.3 is 5.73 Å². The van der Waals surface area contributed by atoms with Gasteiger partial charge in [0.2, 0.25) is 0 Å². The van der Waals surface area contributed by atoms with Gasteiger partial charge in [-0.3, -0.25) is 4.21 Å². The molecule has 0 aliphatic carbocycles. The fourth-order valence-electron chi connectivity index (χ4n) is 0.874. The van der Waals surface area contributed by atoms with Crippen LogP contribution in [0, 0.1) is 0 Å². The molecule has 0 radical (unpaired) electrons. The Morgan fingerprint density at radius 3 is 2.55 bits per heavy atom. The van der Waals surface area contributed by atoms with E-state index in [1.165, 1.54) is 0 Å². The van der Waals surface area contributed by atoms with Crippen molar-refractivity contribution in [2.45, 2.75) is 39.2 Å². The molecule has 0 aliphatic heterocycles. The highest BCUT2D eigenvalue weighted by molar-refractivity contribution is 7.84. The molecule has 2 unspecified atom stereocenters. The van der Waals surface area contributed by atoms with Crippen LogP contribution in [0.1, 0.15) is 33.1 Å². The second-order valence-electron chi connectivity index (χ2n) is 2.91. The summed E-state index contributed by atoms with van der Waals surface area (Å²) in [6, 6.07) is 0.296. The van der Waals surface area contributed by atoms with Crippen LogP contribution in [0.2, 0.25) is 0 Å². The summed E-state index contributed by atoms with van der Waals surface area (Å²) < 4.78 is 10.9. The van der Waals surface area contributed by atoms with Crippen LogP contribution in [0.25, 0.3) is 0 Å². The summed E-state index contributed by atoms with van der Waals surface area (Å²) in [5.41, 5.74) is 5.57. The van der Waals surface area contributed by atoms with Crippen LogP contribution in [0.3, 0.4) is 0 Å². The van der Waals surface area contributed by atoms with Gasteiger partial charge in [0.15, 0.2) is 0 Å². The maximum atomic E-state index is 10.9. The van der Waals surface area contributed by atoms with E-state index in [0.717, 1.165) is 30.8 Å². The molecule has 0 amide bonds. The first-order valence-corrected chi connectivity index (χ1v) is 5.76. The van der Waals surface area contributed by atoms with Gasteiger partial charge in [-0.15, -0.1) is 0 Å². The Balaban J connectivity index is 3.08. The number of nitrogens with two attached hydrogens (primary N) is 1. The third-order valence-corrected chi connectivity index (χ3v) is 2.99. The standard InChI is InChI=1S/C8H19NOS/c1-3-11(10)7-5-4-6-8(2)9/h8H,3-7,9H2,1-2H3. The number of rotatable bonds is 6. The summed E-state index contributed by atoms with van der Waals surface area (Å²) in [5.74, 6) is 1.64. The Hall–Kier alpha value is 0.110. The molecular formula is C8H19NOS. The molecule has 0 spiro atoms. The first-order valence-electron chi connectivity index (χ1n) is 4.27. The van der Waals surface area contributed by atoms with Crippen molar-refractivity contribution in [3.05, 3.63) is 0 Å². The molecule has 0 saturated carbocycles. The normalized spacial score (nSPS) is 16.3. The molecule has 2 nitrogen and oxygen atoms in total. The van der Waals surface area contributed by atoms with Gasteiger partial charge >= 0.3 is 0 Å². The zero-order valence-corrected chi connectivity index (χ0v) is 8.32. The first-order chi connectivity index (χ1) is 5.16. The largest absolute Gasteiger partial charge is 0.328 e. The molecule has 0 aliphatic rings. The minimum atomic E-state index is -0.583. The molecule has 0 heterocycles. The molecule has 2 N–H and O–H groups in total. The van der Waals surface area contributed by atoms with Gasteiger partial charge in [-0.05, 0) is 19.8 Å². The predicted molar refractivity (Wildman–Crippen MR) is 51.1 cm³/mol. The Labute approximate surface area is 72.0 Å². The quantitative estimate of drug-likeness (QED) is 0.621. The van der Waals surface area contributed by atoms with Gasteiger partial charge in [0.1, 0.15) is 0 Å². The maximum absolute atomic E-state index is 10.9. The zero-order chi connectivity index (χ0) is 8.69. The van der Waals surface area contributed by atoms with Crippen molar-refractivity contribution in [1.82, 2.24) is 0 Å². The third-order valence-electron chi connectivity index (χ3n) is 1.60. The van der Waals surface area contributed by atoms with E-state index in [1.54, 1.807) is 0 Å². The van der Waals surface area contributed by atoms with E-state index in [9.17, 15) is 4.21 Å². The molecule has 68 valence electrons. The van der Waals surface area contributed by atoms with E-state index in [2.05, 4.69) is 0 Å². The van der Waals surface area contributed by atoms with Gasteiger partial charge in [-0.2, -0.15) is 0 Å². The molecular weight excluding hydrogens is 158 g/mol. The molecule has 0 aromatic carbocycles. The van der Waals surface area contributed by atoms with E-state index in [-0.39, 0.29) is 0 Å². The summed E-state index contributed by atoms with van der Waals surface area (Å²) in [5, 5.41) is 0. The lowest BCUT2D eigenvalue weighted by Gasteiger charge is -2.03. The van der Waals surface area contributed by atoms with E-state index >= 15 is 0 Å². The highest BCUT2D eigenvalue weighted by atomic mass is 32.2. The fraction of sp³-hybridized carbons (Fsp3) is 1.00. The average Bonchev–Trinajstić information content (AvgIpc) is 1.97. The van der Waals surface area contributed by atoms with Gasteiger partial charge in [0.05, 0.1) is 0 Å². The maximum Gasteiger partial charge on any atom is 0.0234 e. The van der Waals surface area contributed by atoms with Crippen molar-refractivity contribution in [1.29, 1.82) is 0 Å². The predicted octanol–water partition coefficient (Wildman–Crippen LogP) is 1.27. The molecule has 0 bridgehead atoms. The van der Waals surface area contributed by atoms with Crippen LogP contribution in [0.15, 0.2) is 0 Å². The molecule has 3 heteroatoms. The second kappa shape index (κ2) is 6.80. The van der Waals surface area contributed by atoms with Crippen LogP contribution >= 0.6 is 0 Å². The minimum absolute atomic E-state index is 0.296. The molecule has 0 fully saturated rings. The summed E-state index contributed by atoms with van der Waals surface area (Å²) in [7, 11) is -0.583. The summed E-state index contributed by atoms with van der Waals surface area (Å²) in [6.07, 6.45) is 3.23. The minimum Gasteiger partial charge on any atom is -0.328 e. The number of unbranched alkanes of at least 4 members (excludes halogenated alkanes) is 1. The Morgan fingerprint density at radius 1 is 1.45 bits per heavy atom. The lowest BCUT2D eigenvalue weighted by molar-refractivity contribution is 0.613.